The number of aryl methyl sites for hydroxylation is 2. The number of anilines is 1. The van der Waals surface area contributed by atoms with E-state index in [1.165, 1.54) is 23.6 Å². The number of sulfonamides is 1. The zero-order valence-electron chi connectivity index (χ0n) is 17.5. The second kappa shape index (κ2) is 10.5. The molecule has 0 heterocycles. The van der Waals surface area contributed by atoms with Crippen LogP contribution in [0.2, 0.25) is 0 Å². The molecule has 0 aliphatic heterocycles. The Morgan fingerprint density at radius 2 is 1.68 bits per heavy atom. The third-order valence-electron chi connectivity index (χ3n) is 5.29. The summed E-state index contributed by atoms with van der Waals surface area (Å²) in [6.45, 7) is 3.66. The van der Waals surface area contributed by atoms with E-state index in [0.717, 1.165) is 19.3 Å². The van der Waals surface area contributed by atoms with Crippen molar-refractivity contribution < 1.29 is 18.0 Å². The number of nitrogens with one attached hydrogen (secondary N) is 2. The number of hydrogen-bond acceptors (Lipinski definition) is 4. The van der Waals surface area contributed by atoms with Crippen LogP contribution >= 0.6 is 0 Å². The highest BCUT2D eigenvalue weighted by Gasteiger charge is 2.15. The van der Waals surface area contributed by atoms with Gasteiger partial charge in [-0.1, -0.05) is 30.3 Å². The van der Waals surface area contributed by atoms with Crippen LogP contribution in [0.25, 0.3) is 0 Å². The van der Waals surface area contributed by atoms with Gasteiger partial charge in [-0.2, -0.15) is 0 Å². The van der Waals surface area contributed by atoms with E-state index in [9.17, 15) is 18.0 Å². The number of amides is 1. The summed E-state index contributed by atoms with van der Waals surface area (Å²) >= 11 is 0. The van der Waals surface area contributed by atoms with Crippen molar-refractivity contribution in [3.8, 4) is 0 Å². The third-order valence-corrected chi connectivity index (χ3v) is 6.61. The van der Waals surface area contributed by atoms with Crippen LogP contribution < -0.4 is 10.0 Å². The summed E-state index contributed by atoms with van der Waals surface area (Å²) in [6, 6.07) is 12.5. The predicted octanol–water partition coefficient (Wildman–Crippen LogP) is 3.77. The number of hydrogen-bond donors (Lipinski definition) is 2. The normalized spacial score (nSPS) is 13.3. The highest BCUT2D eigenvalue weighted by molar-refractivity contribution is 7.88. The molecule has 2 N–H and O–H groups in total. The monoisotopic (exact) mass is 440 g/mol. The van der Waals surface area contributed by atoms with Crippen molar-refractivity contribution in [3.63, 3.8) is 0 Å². The number of carbonyl (C=O) groups excluding carboxylic acids is 2. The maximum atomic E-state index is 12.5. The van der Waals surface area contributed by atoms with Crippen LogP contribution in [0.15, 0.2) is 55.1 Å². The predicted molar refractivity (Wildman–Crippen MR) is 123 cm³/mol. The van der Waals surface area contributed by atoms with E-state index in [0.29, 0.717) is 16.8 Å². The molecule has 0 spiro atoms. The molecule has 1 aliphatic carbocycles. The van der Waals surface area contributed by atoms with Crippen LogP contribution in [0.5, 0.6) is 0 Å². The van der Waals surface area contributed by atoms with E-state index in [1.54, 1.807) is 24.3 Å². The van der Waals surface area contributed by atoms with Gasteiger partial charge in [0, 0.05) is 30.6 Å². The summed E-state index contributed by atoms with van der Waals surface area (Å²) in [5.41, 5.74) is 4.42. The Balaban J connectivity index is 1.49. The van der Waals surface area contributed by atoms with Crippen LogP contribution in [0.3, 0.4) is 0 Å². The lowest BCUT2D eigenvalue weighted by molar-refractivity contribution is -0.116. The van der Waals surface area contributed by atoms with Gasteiger partial charge < -0.3 is 5.32 Å². The van der Waals surface area contributed by atoms with Gasteiger partial charge in [0.15, 0.2) is 5.78 Å². The lowest BCUT2D eigenvalue weighted by Gasteiger charge is -2.16. The van der Waals surface area contributed by atoms with Gasteiger partial charge in [0.05, 0.1) is 5.75 Å². The first kappa shape index (κ1) is 22.9. The van der Waals surface area contributed by atoms with Gasteiger partial charge in [-0.25, -0.2) is 13.1 Å². The Labute approximate surface area is 183 Å². The smallest absolute Gasteiger partial charge is 0.224 e. The molecule has 2 aromatic carbocycles. The maximum absolute atomic E-state index is 12.5. The van der Waals surface area contributed by atoms with Crippen molar-refractivity contribution in [1.29, 1.82) is 0 Å². The van der Waals surface area contributed by atoms with Gasteiger partial charge in [-0.05, 0) is 60.6 Å². The topological polar surface area (TPSA) is 92.3 Å². The fraction of sp³-hybridized carbons (Fsp3) is 0.333. The lowest BCUT2D eigenvalue weighted by atomic mass is 9.89. The van der Waals surface area contributed by atoms with Crippen LogP contribution in [-0.2, 0) is 33.4 Å². The Hall–Kier alpha value is -2.77. The molecule has 3 rings (SSSR count). The summed E-state index contributed by atoms with van der Waals surface area (Å²) < 4.78 is 26.2. The second-order valence-corrected chi connectivity index (χ2v) is 9.56. The molecule has 0 saturated heterocycles. The zero-order chi connectivity index (χ0) is 22.3. The minimum Gasteiger partial charge on any atom is -0.326 e. The molecule has 0 unspecified atom stereocenters. The highest BCUT2D eigenvalue weighted by atomic mass is 32.2. The number of benzene rings is 2. The van der Waals surface area contributed by atoms with Crippen molar-refractivity contribution in [2.75, 3.05) is 11.9 Å². The van der Waals surface area contributed by atoms with E-state index in [1.807, 2.05) is 18.2 Å². The second-order valence-electron chi connectivity index (χ2n) is 7.76. The van der Waals surface area contributed by atoms with Crippen molar-refractivity contribution >= 4 is 27.4 Å². The summed E-state index contributed by atoms with van der Waals surface area (Å²) in [5.74, 6) is -0.430. The van der Waals surface area contributed by atoms with E-state index < -0.39 is 10.0 Å². The molecule has 7 heteroatoms. The van der Waals surface area contributed by atoms with E-state index in [-0.39, 0.29) is 36.8 Å². The average molecular weight is 441 g/mol. The largest absolute Gasteiger partial charge is 0.326 e. The Bertz CT molecular complexity index is 1060. The van der Waals surface area contributed by atoms with Crippen molar-refractivity contribution in [1.82, 2.24) is 4.72 Å². The molecule has 0 fully saturated rings. The minimum atomic E-state index is -3.43. The summed E-state index contributed by atoms with van der Waals surface area (Å²) in [4.78, 5) is 24.7. The molecular formula is C24H28N2O4S. The maximum Gasteiger partial charge on any atom is 0.224 e. The van der Waals surface area contributed by atoms with Gasteiger partial charge in [0.1, 0.15) is 0 Å². The number of Topliss-reactive ketones (excluding diaryl/α,β-unsaturated/α-hetero) is 1. The number of carbonyl (C=O) groups is 2. The fourth-order valence-electron chi connectivity index (χ4n) is 3.64. The van der Waals surface area contributed by atoms with Gasteiger partial charge in [-0.3, -0.25) is 9.59 Å². The third kappa shape index (κ3) is 6.87. The molecule has 2 aromatic rings. The standard InChI is InChI=1S/C24H28N2O4S/c1-2-15-25-31(29,30)17-18-7-11-22(12-8-18)26-24(28)14-13-23(27)21-10-9-19-5-3-4-6-20(19)16-21/h2,7-12,16,25H,1,3-6,13-15,17H2,(H,26,28). The molecule has 1 amide bonds. The van der Waals surface area contributed by atoms with Crippen molar-refractivity contribution in [2.45, 2.75) is 44.3 Å². The fourth-order valence-corrected chi connectivity index (χ4v) is 4.75. The first-order chi connectivity index (χ1) is 14.9. The highest BCUT2D eigenvalue weighted by Crippen LogP contribution is 2.23. The van der Waals surface area contributed by atoms with Crippen molar-refractivity contribution in [2.24, 2.45) is 0 Å². The van der Waals surface area contributed by atoms with Crippen LogP contribution in [0.1, 0.15) is 52.7 Å². The summed E-state index contributed by atoms with van der Waals surface area (Å²) in [7, 11) is -3.43. The molecule has 0 bridgehead atoms. The zero-order valence-corrected chi connectivity index (χ0v) is 18.3. The van der Waals surface area contributed by atoms with E-state index in [4.69, 9.17) is 0 Å². The Kier molecular flexibility index (Phi) is 7.76. The summed E-state index contributed by atoms with van der Waals surface area (Å²) in [6.07, 6.45) is 6.16. The van der Waals surface area contributed by atoms with Crippen LogP contribution in [0.4, 0.5) is 5.69 Å². The molecular weight excluding hydrogens is 412 g/mol. The Morgan fingerprint density at radius 3 is 2.39 bits per heavy atom. The molecule has 0 saturated carbocycles. The van der Waals surface area contributed by atoms with Gasteiger partial charge in [0.25, 0.3) is 0 Å². The SMILES string of the molecule is C=CCNS(=O)(=O)Cc1ccc(NC(=O)CCC(=O)c2ccc3c(c2)CCCC3)cc1. The van der Waals surface area contributed by atoms with Crippen LogP contribution in [-0.4, -0.2) is 26.7 Å². The number of rotatable bonds is 10. The first-order valence-electron chi connectivity index (χ1n) is 10.5. The number of fused-ring (bicyclic) bond motifs is 1. The molecule has 1 aliphatic rings. The van der Waals surface area contributed by atoms with Crippen LogP contribution in [0, 0.1) is 0 Å². The van der Waals surface area contributed by atoms with Gasteiger partial charge in [0.2, 0.25) is 15.9 Å². The average Bonchev–Trinajstić information content (AvgIpc) is 2.77. The molecule has 164 valence electrons. The van der Waals surface area contributed by atoms with Crippen molar-refractivity contribution in [3.05, 3.63) is 77.4 Å². The number of ketones is 1. The Morgan fingerprint density at radius 1 is 0.968 bits per heavy atom. The first-order valence-corrected chi connectivity index (χ1v) is 12.1. The van der Waals surface area contributed by atoms with E-state index >= 15 is 0 Å². The minimum absolute atomic E-state index is 0.0314. The molecule has 0 atom stereocenters. The molecule has 6 nitrogen and oxygen atoms in total. The van der Waals surface area contributed by atoms with Gasteiger partial charge in [-0.15, -0.1) is 6.58 Å². The van der Waals surface area contributed by atoms with E-state index in [2.05, 4.69) is 16.6 Å². The lowest BCUT2D eigenvalue weighted by Crippen LogP contribution is -2.25. The quantitative estimate of drug-likeness (QED) is 0.434. The summed E-state index contributed by atoms with van der Waals surface area (Å²) in [5, 5.41) is 2.75. The molecule has 31 heavy (non-hydrogen) atoms. The molecule has 0 radical (unpaired) electrons. The van der Waals surface area contributed by atoms with Gasteiger partial charge >= 0.3 is 0 Å². The molecule has 0 aromatic heterocycles.